The Balaban J connectivity index is 0.00000176. The lowest BCUT2D eigenvalue weighted by Crippen LogP contribution is -2.31. The standard InChI is InChI=1S/C18H22N2O.ClH/c1-2-6-17(7-3-1)21-18-8-4-5-16(13-18)20-14-15-9-11-19-12-10-15;/h1-8,13,15,19-20H,9-12,14H2;1H. The molecule has 1 heterocycles. The van der Waals surface area contributed by atoms with E-state index in [4.69, 9.17) is 4.74 Å². The first-order chi connectivity index (χ1) is 10.4. The fraction of sp³-hybridized carbons (Fsp3) is 0.333. The number of benzene rings is 2. The van der Waals surface area contributed by atoms with Gasteiger partial charge in [-0.3, -0.25) is 0 Å². The highest BCUT2D eigenvalue weighted by molar-refractivity contribution is 5.85. The van der Waals surface area contributed by atoms with E-state index in [0.29, 0.717) is 0 Å². The van der Waals surface area contributed by atoms with Crippen LogP contribution in [0.4, 0.5) is 5.69 Å². The SMILES string of the molecule is Cl.c1ccc(Oc2cccc(NCC3CCNCC3)c2)cc1. The predicted molar refractivity (Wildman–Crippen MR) is 94.3 cm³/mol. The van der Waals surface area contributed by atoms with Crippen LogP contribution in [0.3, 0.4) is 0 Å². The molecular weight excluding hydrogens is 296 g/mol. The number of rotatable bonds is 5. The van der Waals surface area contributed by atoms with Gasteiger partial charge in [0.15, 0.2) is 0 Å². The predicted octanol–water partition coefficient (Wildman–Crippen LogP) is 4.31. The number of halogens is 1. The van der Waals surface area contributed by atoms with E-state index in [1.54, 1.807) is 0 Å². The van der Waals surface area contributed by atoms with Gasteiger partial charge in [-0.05, 0) is 56.1 Å². The lowest BCUT2D eigenvalue weighted by Gasteiger charge is -2.23. The zero-order chi connectivity index (χ0) is 14.3. The maximum Gasteiger partial charge on any atom is 0.129 e. The van der Waals surface area contributed by atoms with Crippen LogP contribution < -0.4 is 15.4 Å². The molecule has 3 rings (SSSR count). The van der Waals surface area contributed by atoms with Gasteiger partial charge in [0, 0.05) is 18.3 Å². The van der Waals surface area contributed by atoms with E-state index in [1.165, 1.54) is 12.8 Å². The van der Waals surface area contributed by atoms with E-state index < -0.39 is 0 Å². The van der Waals surface area contributed by atoms with E-state index in [2.05, 4.69) is 22.8 Å². The summed E-state index contributed by atoms with van der Waals surface area (Å²) in [5.74, 6) is 2.51. The molecule has 2 aromatic carbocycles. The number of anilines is 1. The first-order valence-electron chi connectivity index (χ1n) is 7.68. The van der Waals surface area contributed by atoms with Crippen LogP contribution in [0.2, 0.25) is 0 Å². The van der Waals surface area contributed by atoms with Gasteiger partial charge in [0.1, 0.15) is 11.5 Å². The van der Waals surface area contributed by atoms with Gasteiger partial charge >= 0.3 is 0 Å². The lowest BCUT2D eigenvalue weighted by atomic mass is 9.98. The molecule has 22 heavy (non-hydrogen) atoms. The molecule has 0 spiro atoms. The summed E-state index contributed by atoms with van der Waals surface area (Å²) in [5, 5.41) is 6.93. The van der Waals surface area contributed by atoms with E-state index in [-0.39, 0.29) is 12.4 Å². The summed E-state index contributed by atoms with van der Waals surface area (Å²) < 4.78 is 5.86. The minimum atomic E-state index is 0. The molecule has 1 saturated heterocycles. The summed E-state index contributed by atoms with van der Waals surface area (Å²) in [6, 6.07) is 18.1. The third-order valence-electron chi connectivity index (χ3n) is 3.87. The van der Waals surface area contributed by atoms with Crippen LogP contribution in [0, 0.1) is 5.92 Å². The minimum Gasteiger partial charge on any atom is -0.457 e. The van der Waals surface area contributed by atoms with Gasteiger partial charge in [-0.1, -0.05) is 24.3 Å². The van der Waals surface area contributed by atoms with Crippen LogP contribution in [0.1, 0.15) is 12.8 Å². The molecule has 1 aliphatic rings. The number of para-hydroxylation sites is 1. The van der Waals surface area contributed by atoms with E-state index in [0.717, 1.165) is 42.7 Å². The summed E-state index contributed by atoms with van der Waals surface area (Å²) >= 11 is 0. The van der Waals surface area contributed by atoms with Crippen molar-refractivity contribution in [1.82, 2.24) is 5.32 Å². The highest BCUT2D eigenvalue weighted by Gasteiger charge is 2.12. The van der Waals surface area contributed by atoms with Crippen molar-refractivity contribution in [3.8, 4) is 11.5 Å². The highest BCUT2D eigenvalue weighted by atomic mass is 35.5. The number of hydrogen-bond acceptors (Lipinski definition) is 3. The molecule has 0 unspecified atom stereocenters. The molecule has 0 amide bonds. The molecule has 2 aromatic rings. The van der Waals surface area contributed by atoms with Crippen molar-refractivity contribution < 1.29 is 4.74 Å². The van der Waals surface area contributed by atoms with Crippen LogP contribution >= 0.6 is 12.4 Å². The van der Waals surface area contributed by atoms with Crippen molar-refractivity contribution in [3.63, 3.8) is 0 Å². The van der Waals surface area contributed by atoms with Crippen LogP contribution in [-0.2, 0) is 0 Å². The Morgan fingerprint density at radius 2 is 1.68 bits per heavy atom. The first kappa shape index (κ1) is 16.7. The summed E-state index contributed by atoms with van der Waals surface area (Å²) in [4.78, 5) is 0. The van der Waals surface area contributed by atoms with Gasteiger partial charge < -0.3 is 15.4 Å². The van der Waals surface area contributed by atoms with Crippen molar-refractivity contribution in [3.05, 3.63) is 54.6 Å². The molecule has 0 atom stereocenters. The van der Waals surface area contributed by atoms with Gasteiger partial charge in [0.05, 0.1) is 0 Å². The van der Waals surface area contributed by atoms with E-state index in [9.17, 15) is 0 Å². The second-order valence-electron chi connectivity index (χ2n) is 5.52. The Hall–Kier alpha value is -1.71. The molecule has 0 radical (unpaired) electrons. The monoisotopic (exact) mass is 318 g/mol. The van der Waals surface area contributed by atoms with Gasteiger partial charge in [-0.2, -0.15) is 0 Å². The quantitative estimate of drug-likeness (QED) is 0.861. The maximum absolute atomic E-state index is 5.86. The molecule has 2 N–H and O–H groups in total. The molecular formula is C18H23ClN2O. The van der Waals surface area contributed by atoms with Gasteiger partial charge in [0.2, 0.25) is 0 Å². The fourth-order valence-electron chi connectivity index (χ4n) is 2.64. The summed E-state index contributed by atoms with van der Waals surface area (Å²) in [6.07, 6.45) is 2.51. The second-order valence-corrected chi connectivity index (χ2v) is 5.52. The lowest BCUT2D eigenvalue weighted by molar-refractivity contribution is 0.390. The summed E-state index contributed by atoms with van der Waals surface area (Å²) in [7, 11) is 0. The van der Waals surface area contributed by atoms with Gasteiger partial charge in [-0.15, -0.1) is 12.4 Å². The Labute approximate surface area is 138 Å². The average molecular weight is 319 g/mol. The molecule has 0 bridgehead atoms. The molecule has 1 fully saturated rings. The number of nitrogens with one attached hydrogen (secondary N) is 2. The maximum atomic E-state index is 5.86. The van der Waals surface area contributed by atoms with Crippen LogP contribution in [0.5, 0.6) is 11.5 Å². The summed E-state index contributed by atoms with van der Waals surface area (Å²) in [5.41, 5.74) is 1.13. The molecule has 118 valence electrons. The van der Waals surface area contributed by atoms with Gasteiger partial charge in [0.25, 0.3) is 0 Å². The van der Waals surface area contributed by atoms with E-state index in [1.807, 2.05) is 42.5 Å². The van der Waals surface area contributed by atoms with Crippen LogP contribution in [0.15, 0.2) is 54.6 Å². The second kappa shape index (κ2) is 8.66. The van der Waals surface area contributed by atoms with E-state index >= 15 is 0 Å². The average Bonchev–Trinajstić information content (AvgIpc) is 2.55. The zero-order valence-corrected chi connectivity index (χ0v) is 13.4. The molecule has 0 saturated carbocycles. The molecule has 0 aliphatic carbocycles. The Kier molecular flexibility index (Phi) is 6.56. The molecule has 4 heteroatoms. The Bertz CT molecular complexity index is 556. The van der Waals surface area contributed by atoms with Crippen molar-refractivity contribution in [1.29, 1.82) is 0 Å². The number of ether oxygens (including phenoxy) is 1. The molecule has 0 aromatic heterocycles. The minimum absolute atomic E-state index is 0. The Morgan fingerprint density at radius 1 is 0.955 bits per heavy atom. The first-order valence-corrected chi connectivity index (χ1v) is 7.68. The largest absolute Gasteiger partial charge is 0.457 e. The number of piperidine rings is 1. The Morgan fingerprint density at radius 3 is 2.45 bits per heavy atom. The molecule has 3 nitrogen and oxygen atoms in total. The summed E-state index contributed by atoms with van der Waals surface area (Å²) in [6.45, 7) is 3.32. The topological polar surface area (TPSA) is 33.3 Å². The van der Waals surface area contributed by atoms with Crippen LogP contribution in [0.25, 0.3) is 0 Å². The van der Waals surface area contributed by atoms with Crippen molar-refractivity contribution in [2.24, 2.45) is 5.92 Å². The number of hydrogen-bond donors (Lipinski definition) is 2. The fourth-order valence-corrected chi connectivity index (χ4v) is 2.64. The van der Waals surface area contributed by atoms with Crippen LogP contribution in [-0.4, -0.2) is 19.6 Å². The third kappa shape index (κ3) is 4.93. The molecule has 1 aliphatic heterocycles. The van der Waals surface area contributed by atoms with Crippen molar-refractivity contribution in [2.75, 3.05) is 25.0 Å². The third-order valence-corrected chi connectivity index (χ3v) is 3.87. The highest BCUT2D eigenvalue weighted by Crippen LogP contribution is 2.24. The zero-order valence-electron chi connectivity index (χ0n) is 12.6. The van der Waals surface area contributed by atoms with Gasteiger partial charge in [-0.25, -0.2) is 0 Å². The van der Waals surface area contributed by atoms with Crippen molar-refractivity contribution in [2.45, 2.75) is 12.8 Å². The normalized spacial score (nSPS) is 14.9. The van der Waals surface area contributed by atoms with Crippen molar-refractivity contribution >= 4 is 18.1 Å². The smallest absolute Gasteiger partial charge is 0.129 e.